The smallest absolute Gasteiger partial charge is 0.403 e. The van der Waals surface area contributed by atoms with E-state index in [1.807, 2.05) is 0 Å². The highest BCUT2D eigenvalue weighted by Gasteiger charge is 2.33. The maximum Gasteiger partial charge on any atom is 0.573 e. The summed E-state index contributed by atoms with van der Waals surface area (Å²) in [5.41, 5.74) is 0.607. The minimum absolute atomic E-state index is 0.129. The SMILES string of the molecule is O=C(NCc1ccc(S(=O)(=O)c2ccc(OC(F)(F)F)c(F)c2)cc1)c1cc2ccncc2s1. The molecule has 0 aliphatic heterocycles. The van der Waals surface area contributed by atoms with Gasteiger partial charge in [-0.2, -0.15) is 0 Å². The van der Waals surface area contributed by atoms with E-state index in [0.717, 1.165) is 16.2 Å². The van der Waals surface area contributed by atoms with E-state index in [4.69, 9.17) is 0 Å². The molecule has 2 aromatic carbocycles. The number of carbonyl (C=O) groups excluding carboxylic acids is 1. The number of benzene rings is 2. The van der Waals surface area contributed by atoms with Gasteiger partial charge in [-0.25, -0.2) is 12.8 Å². The Balaban J connectivity index is 1.45. The van der Waals surface area contributed by atoms with Gasteiger partial charge in [0.15, 0.2) is 11.6 Å². The van der Waals surface area contributed by atoms with E-state index >= 15 is 0 Å². The van der Waals surface area contributed by atoms with Crippen LogP contribution in [-0.4, -0.2) is 25.7 Å². The summed E-state index contributed by atoms with van der Waals surface area (Å²) in [4.78, 5) is 16.2. The third kappa shape index (κ3) is 5.18. The maximum atomic E-state index is 13.9. The molecule has 0 saturated heterocycles. The van der Waals surface area contributed by atoms with E-state index in [2.05, 4.69) is 15.0 Å². The Kier molecular flexibility index (Phi) is 6.28. The molecule has 0 unspecified atom stereocenters. The average Bonchev–Trinajstić information content (AvgIpc) is 3.23. The van der Waals surface area contributed by atoms with E-state index in [1.165, 1.54) is 35.6 Å². The summed E-state index contributed by atoms with van der Waals surface area (Å²) in [6.07, 6.45) is -1.81. The first-order chi connectivity index (χ1) is 16.0. The van der Waals surface area contributed by atoms with Crippen LogP contribution < -0.4 is 10.1 Å². The number of alkyl halides is 3. The number of halogens is 4. The van der Waals surface area contributed by atoms with E-state index in [1.54, 1.807) is 24.5 Å². The number of nitrogens with one attached hydrogen (secondary N) is 1. The van der Waals surface area contributed by atoms with Gasteiger partial charge in [0.2, 0.25) is 9.84 Å². The average molecular weight is 510 g/mol. The van der Waals surface area contributed by atoms with Gasteiger partial charge in [-0.1, -0.05) is 12.1 Å². The molecule has 0 bridgehead atoms. The van der Waals surface area contributed by atoms with Crippen molar-refractivity contribution in [3.63, 3.8) is 0 Å². The highest BCUT2D eigenvalue weighted by atomic mass is 32.2. The van der Waals surface area contributed by atoms with Gasteiger partial charge in [-0.05, 0) is 53.4 Å². The lowest BCUT2D eigenvalue weighted by Crippen LogP contribution is -2.21. The molecule has 1 amide bonds. The third-order valence-corrected chi connectivity index (χ3v) is 7.52. The lowest BCUT2D eigenvalue weighted by Gasteiger charge is -2.11. The Hall–Kier alpha value is -3.51. The maximum absolute atomic E-state index is 13.9. The van der Waals surface area contributed by atoms with Crippen LogP contribution in [0, 0.1) is 5.82 Å². The molecule has 4 rings (SSSR count). The Labute approximate surface area is 194 Å². The lowest BCUT2D eigenvalue weighted by molar-refractivity contribution is -0.275. The first-order valence-electron chi connectivity index (χ1n) is 9.54. The van der Waals surface area contributed by atoms with Gasteiger partial charge < -0.3 is 10.1 Å². The van der Waals surface area contributed by atoms with Crippen LogP contribution in [0.25, 0.3) is 10.1 Å². The predicted molar refractivity (Wildman–Crippen MR) is 116 cm³/mol. The molecule has 0 radical (unpaired) electrons. The van der Waals surface area contributed by atoms with Crippen LogP contribution in [0.3, 0.4) is 0 Å². The molecule has 2 heterocycles. The molecule has 0 fully saturated rings. The Morgan fingerprint density at radius 2 is 1.74 bits per heavy atom. The van der Waals surface area contributed by atoms with Gasteiger partial charge in [0.1, 0.15) is 0 Å². The van der Waals surface area contributed by atoms with Gasteiger partial charge in [0.05, 0.1) is 19.4 Å². The number of hydrogen-bond donors (Lipinski definition) is 1. The molecular formula is C22H14F4N2O4S2. The van der Waals surface area contributed by atoms with Crippen molar-refractivity contribution in [1.82, 2.24) is 10.3 Å². The highest BCUT2D eigenvalue weighted by molar-refractivity contribution is 7.91. The zero-order chi connectivity index (χ0) is 24.5. The van der Waals surface area contributed by atoms with Crippen molar-refractivity contribution in [3.05, 3.63) is 83.2 Å². The molecule has 0 atom stereocenters. The number of hydrogen-bond acceptors (Lipinski definition) is 6. The van der Waals surface area contributed by atoms with Crippen molar-refractivity contribution in [2.75, 3.05) is 0 Å². The van der Waals surface area contributed by atoms with Crippen molar-refractivity contribution < 1.29 is 35.5 Å². The van der Waals surface area contributed by atoms with Crippen molar-refractivity contribution >= 4 is 37.2 Å². The molecule has 4 aromatic rings. The van der Waals surface area contributed by atoms with Crippen LogP contribution in [0.5, 0.6) is 5.75 Å². The van der Waals surface area contributed by atoms with Crippen molar-refractivity contribution in [2.45, 2.75) is 22.7 Å². The Bertz CT molecular complexity index is 1430. The fourth-order valence-electron chi connectivity index (χ4n) is 3.04. The zero-order valence-corrected chi connectivity index (χ0v) is 18.6. The molecular weight excluding hydrogens is 496 g/mol. The number of sulfone groups is 1. The minimum atomic E-state index is -5.11. The molecule has 0 saturated carbocycles. The quantitative estimate of drug-likeness (QED) is 0.365. The molecule has 1 N–H and O–H groups in total. The molecule has 12 heteroatoms. The normalized spacial score (nSPS) is 12.0. The number of carbonyl (C=O) groups is 1. The largest absolute Gasteiger partial charge is 0.573 e. The van der Waals surface area contributed by atoms with E-state index < -0.39 is 32.7 Å². The fourth-order valence-corrected chi connectivity index (χ4v) is 5.26. The molecule has 34 heavy (non-hydrogen) atoms. The first kappa shape index (κ1) is 23.6. The summed E-state index contributed by atoms with van der Waals surface area (Å²) in [5.74, 6) is -2.89. The number of amides is 1. The lowest BCUT2D eigenvalue weighted by atomic mass is 10.2. The second-order valence-corrected chi connectivity index (χ2v) is 10.0. The number of thiophene rings is 1. The van der Waals surface area contributed by atoms with Gasteiger partial charge in [-0.3, -0.25) is 9.78 Å². The molecule has 2 aromatic heterocycles. The van der Waals surface area contributed by atoms with E-state index in [-0.39, 0.29) is 17.3 Å². The van der Waals surface area contributed by atoms with Gasteiger partial charge in [0.25, 0.3) is 5.91 Å². The number of ether oxygens (including phenoxy) is 1. The molecule has 6 nitrogen and oxygen atoms in total. The number of nitrogens with zero attached hydrogens (tertiary/aromatic N) is 1. The summed E-state index contributed by atoms with van der Waals surface area (Å²) in [6.45, 7) is 0.129. The zero-order valence-electron chi connectivity index (χ0n) is 17.0. The van der Waals surface area contributed by atoms with Crippen LogP contribution in [-0.2, 0) is 16.4 Å². The van der Waals surface area contributed by atoms with Gasteiger partial charge in [-0.15, -0.1) is 24.5 Å². The van der Waals surface area contributed by atoms with Crippen LogP contribution in [0.4, 0.5) is 17.6 Å². The summed E-state index contributed by atoms with van der Waals surface area (Å²) >= 11 is 1.29. The minimum Gasteiger partial charge on any atom is -0.403 e. The van der Waals surface area contributed by atoms with E-state index in [0.29, 0.717) is 22.6 Å². The summed E-state index contributed by atoms with van der Waals surface area (Å²) < 4.78 is 80.6. The highest BCUT2D eigenvalue weighted by Crippen LogP contribution is 2.30. The molecule has 176 valence electrons. The summed E-state index contributed by atoms with van der Waals surface area (Å²) in [7, 11) is -4.20. The monoisotopic (exact) mass is 510 g/mol. The van der Waals surface area contributed by atoms with Crippen LogP contribution in [0.1, 0.15) is 15.2 Å². The van der Waals surface area contributed by atoms with E-state index in [9.17, 15) is 30.8 Å². The topological polar surface area (TPSA) is 85.4 Å². The summed E-state index contributed by atoms with van der Waals surface area (Å²) in [6, 6.07) is 10.9. The third-order valence-electron chi connectivity index (χ3n) is 4.67. The van der Waals surface area contributed by atoms with Gasteiger partial charge in [0, 0.05) is 18.9 Å². The van der Waals surface area contributed by atoms with Crippen molar-refractivity contribution in [3.8, 4) is 5.75 Å². The van der Waals surface area contributed by atoms with Gasteiger partial charge >= 0.3 is 6.36 Å². The fraction of sp³-hybridized carbons (Fsp3) is 0.0909. The number of pyridine rings is 1. The van der Waals surface area contributed by atoms with Crippen molar-refractivity contribution in [2.24, 2.45) is 0 Å². The standard InChI is InChI=1S/C22H14F4N2O4S2/c23-17-10-16(5-6-18(17)32-22(24,25)26)34(30,31)15-3-1-13(2-4-15)11-28-21(29)19-9-14-7-8-27-12-20(14)33-19/h1-10,12H,11H2,(H,28,29). The second kappa shape index (κ2) is 9.03. The van der Waals surface area contributed by atoms with Crippen LogP contribution in [0.15, 0.2) is 76.8 Å². The number of fused-ring (bicyclic) bond motifs is 1. The molecule has 0 aliphatic carbocycles. The summed E-state index contributed by atoms with van der Waals surface area (Å²) in [5, 5.41) is 3.64. The molecule has 0 aliphatic rings. The number of rotatable bonds is 6. The van der Waals surface area contributed by atoms with Crippen LogP contribution in [0.2, 0.25) is 0 Å². The Morgan fingerprint density at radius 3 is 2.38 bits per heavy atom. The second-order valence-electron chi connectivity index (χ2n) is 6.99. The molecule has 0 spiro atoms. The Morgan fingerprint density at radius 1 is 1.03 bits per heavy atom. The predicted octanol–water partition coefficient (Wildman–Crippen LogP) is 5.10. The van der Waals surface area contributed by atoms with Crippen LogP contribution >= 0.6 is 11.3 Å². The van der Waals surface area contributed by atoms with Crippen molar-refractivity contribution in [1.29, 1.82) is 0 Å². The first-order valence-corrected chi connectivity index (χ1v) is 11.8. The number of aromatic nitrogens is 1.